The average molecular weight is 426 g/mol. The quantitative estimate of drug-likeness (QED) is 0.325. The van der Waals surface area contributed by atoms with E-state index < -0.39 is 0 Å². The van der Waals surface area contributed by atoms with Crippen LogP contribution in [0.15, 0.2) is 41.6 Å². The Labute approximate surface area is 180 Å². The van der Waals surface area contributed by atoms with Crippen molar-refractivity contribution in [3.8, 4) is 0 Å². The number of oxime groups is 1. The lowest BCUT2D eigenvalue weighted by molar-refractivity contribution is 0.145. The number of nitrogens with zero attached hydrogens (tertiary/aromatic N) is 4. The molecule has 1 aromatic heterocycles. The molecule has 7 nitrogen and oxygen atoms in total. The highest BCUT2D eigenvalue weighted by Crippen LogP contribution is 2.31. The molecule has 0 unspecified atom stereocenters. The maximum Gasteiger partial charge on any atom is 0.159 e. The van der Waals surface area contributed by atoms with E-state index in [1.165, 1.54) is 6.21 Å². The highest BCUT2D eigenvalue weighted by atomic mass is 35.5. The second-order valence-corrected chi connectivity index (χ2v) is 7.98. The van der Waals surface area contributed by atoms with Gasteiger partial charge in [0.15, 0.2) is 11.6 Å². The van der Waals surface area contributed by atoms with E-state index in [0.717, 1.165) is 51.4 Å². The topological polar surface area (TPSA) is 93.9 Å². The molecule has 1 saturated heterocycles. The van der Waals surface area contributed by atoms with E-state index in [4.69, 9.17) is 16.8 Å². The highest BCUT2D eigenvalue weighted by molar-refractivity contribution is 6.31. The Balaban J connectivity index is 1.68. The van der Waals surface area contributed by atoms with Gasteiger partial charge in [0.2, 0.25) is 0 Å². The van der Waals surface area contributed by atoms with Gasteiger partial charge in [-0.1, -0.05) is 35.0 Å². The van der Waals surface area contributed by atoms with Crippen molar-refractivity contribution in [1.29, 1.82) is 0 Å². The first kappa shape index (κ1) is 20.4. The first-order valence-electron chi connectivity index (χ1n) is 9.95. The summed E-state index contributed by atoms with van der Waals surface area (Å²) in [5.41, 5.74) is 2.84. The van der Waals surface area contributed by atoms with E-state index >= 15 is 0 Å². The number of halogens is 1. The fraction of sp³-hybridized carbons (Fsp3) is 0.318. The van der Waals surface area contributed by atoms with Gasteiger partial charge in [-0.25, -0.2) is 0 Å². The number of anilines is 2. The molecular weight excluding hydrogens is 402 g/mol. The van der Waals surface area contributed by atoms with Crippen LogP contribution in [0.1, 0.15) is 29.5 Å². The van der Waals surface area contributed by atoms with E-state index in [1.54, 1.807) is 0 Å². The summed E-state index contributed by atoms with van der Waals surface area (Å²) in [6.45, 7) is 4.00. The Hall–Kier alpha value is -2.90. The van der Waals surface area contributed by atoms with Gasteiger partial charge in [-0.15, -0.1) is 10.2 Å². The summed E-state index contributed by atoms with van der Waals surface area (Å²) in [6.07, 6.45) is 2.56. The first-order chi connectivity index (χ1) is 14.5. The maximum absolute atomic E-state index is 9.82. The zero-order valence-electron chi connectivity index (χ0n) is 16.7. The lowest BCUT2D eigenvalue weighted by Gasteiger charge is -2.31. The normalized spacial score (nSPS) is 15.2. The minimum atomic E-state index is -0.255. The summed E-state index contributed by atoms with van der Waals surface area (Å²) in [5, 5.41) is 36.8. The van der Waals surface area contributed by atoms with Crippen molar-refractivity contribution < 1.29 is 10.3 Å². The van der Waals surface area contributed by atoms with Crippen LogP contribution in [0.3, 0.4) is 0 Å². The van der Waals surface area contributed by atoms with E-state index in [0.29, 0.717) is 25.2 Å². The van der Waals surface area contributed by atoms with Gasteiger partial charge in [0.05, 0.1) is 12.3 Å². The van der Waals surface area contributed by atoms with Gasteiger partial charge in [-0.2, -0.15) is 0 Å². The van der Waals surface area contributed by atoms with Crippen molar-refractivity contribution in [2.24, 2.45) is 5.16 Å². The number of benzene rings is 2. The molecule has 0 aliphatic carbocycles. The van der Waals surface area contributed by atoms with Gasteiger partial charge in [0.1, 0.15) is 0 Å². The Bertz CT molecular complexity index is 1080. The number of rotatable bonds is 5. The van der Waals surface area contributed by atoms with Crippen molar-refractivity contribution in [1.82, 2.24) is 10.2 Å². The van der Waals surface area contributed by atoms with Crippen LogP contribution in [0.25, 0.3) is 10.8 Å². The van der Waals surface area contributed by atoms with Gasteiger partial charge in [0.25, 0.3) is 0 Å². The van der Waals surface area contributed by atoms with E-state index in [9.17, 15) is 5.11 Å². The van der Waals surface area contributed by atoms with Gasteiger partial charge in [-0.05, 0) is 54.7 Å². The number of aliphatic hydroxyl groups excluding tert-OH is 1. The predicted molar refractivity (Wildman–Crippen MR) is 120 cm³/mol. The third-order valence-electron chi connectivity index (χ3n) is 5.45. The fourth-order valence-corrected chi connectivity index (χ4v) is 3.88. The largest absolute Gasteiger partial charge is 0.411 e. The minimum absolute atomic E-state index is 0.255. The summed E-state index contributed by atoms with van der Waals surface area (Å²) in [4.78, 5) is 2.16. The molecule has 0 saturated carbocycles. The van der Waals surface area contributed by atoms with E-state index in [2.05, 4.69) is 25.6 Å². The molecule has 1 aliphatic heterocycles. The Morgan fingerprint density at radius 2 is 1.97 bits per heavy atom. The molecule has 3 aromatic rings. The second-order valence-electron chi connectivity index (χ2n) is 7.58. The van der Waals surface area contributed by atoms with E-state index in [-0.39, 0.29) is 6.10 Å². The zero-order chi connectivity index (χ0) is 21.1. The summed E-state index contributed by atoms with van der Waals surface area (Å²) in [7, 11) is 0. The minimum Gasteiger partial charge on any atom is -0.411 e. The van der Waals surface area contributed by atoms with Crippen LogP contribution < -0.4 is 10.2 Å². The third kappa shape index (κ3) is 4.32. The Kier molecular flexibility index (Phi) is 6.01. The second kappa shape index (κ2) is 8.85. The number of fused-ring (bicyclic) bond motifs is 1. The van der Waals surface area contributed by atoms with Crippen molar-refractivity contribution >= 4 is 40.2 Å². The number of aliphatic hydroxyl groups is 1. The Morgan fingerprint density at radius 1 is 1.17 bits per heavy atom. The van der Waals surface area contributed by atoms with Crippen molar-refractivity contribution in [3.05, 3.63) is 58.1 Å². The molecule has 0 radical (unpaired) electrons. The van der Waals surface area contributed by atoms with Crippen LogP contribution in [0.4, 0.5) is 11.6 Å². The molecule has 2 heterocycles. The molecule has 1 aliphatic rings. The molecule has 156 valence electrons. The third-order valence-corrected chi connectivity index (χ3v) is 5.86. The molecule has 4 rings (SSSR count). The van der Waals surface area contributed by atoms with Crippen LogP contribution in [-0.4, -0.2) is 45.9 Å². The lowest BCUT2D eigenvalue weighted by Crippen LogP contribution is -2.36. The number of hydrogen-bond acceptors (Lipinski definition) is 7. The molecule has 1 fully saturated rings. The van der Waals surface area contributed by atoms with Gasteiger partial charge < -0.3 is 20.5 Å². The van der Waals surface area contributed by atoms with Crippen LogP contribution in [0.2, 0.25) is 5.02 Å². The van der Waals surface area contributed by atoms with Crippen LogP contribution in [0.5, 0.6) is 0 Å². The number of nitrogens with one attached hydrogen (secondary N) is 1. The SMILES string of the molecule is Cc1ccc(CNc2nnc(N3CCC(O)CC3)c3ccc(/C=N\O)cc23)cc1Cl. The molecule has 2 aromatic carbocycles. The monoisotopic (exact) mass is 425 g/mol. The standard InChI is InChI=1S/C22H24ClN5O2/c1-14-2-3-16(11-20(14)23)12-24-21-19-10-15(13-25-30)4-5-18(19)22(27-26-21)28-8-6-17(29)7-9-28/h2-5,10-11,13,17,29-30H,6-9,12H2,1H3,(H,24,26)/b25-13-. The summed E-state index contributed by atoms with van der Waals surface area (Å²) < 4.78 is 0. The molecule has 8 heteroatoms. The lowest BCUT2D eigenvalue weighted by atomic mass is 10.1. The fourth-order valence-electron chi connectivity index (χ4n) is 3.68. The van der Waals surface area contributed by atoms with Gasteiger partial charge in [-0.3, -0.25) is 0 Å². The molecule has 30 heavy (non-hydrogen) atoms. The van der Waals surface area contributed by atoms with Gasteiger partial charge >= 0.3 is 0 Å². The molecular formula is C22H24ClN5O2. The number of piperidine rings is 1. The van der Waals surface area contributed by atoms with E-state index in [1.807, 2.05) is 43.3 Å². The molecule has 0 bridgehead atoms. The Morgan fingerprint density at radius 3 is 2.70 bits per heavy atom. The molecule has 0 amide bonds. The van der Waals surface area contributed by atoms with Crippen molar-refractivity contribution in [3.63, 3.8) is 0 Å². The number of hydrogen-bond donors (Lipinski definition) is 3. The predicted octanol–water partition coefficient (Wildman–Crippen LogP) is 3.97. The summed E-state index contributed by atoms with van der Waals surface area (Å²) >= 11 is 6.25. The van der Waals surface area contributed by atoms with Crippen LogP contribution >= 0.6 is 11.6 Å². The first-order valence-corrected chi connectivity index (χ1v) is 10.3. The highest BCUT2D eigenvalue weighted by Gasteiger charge is 2.21. The van der Waals surface area contributed by atoms with Crippen LogP contribution in [-0.2, 0) is 6.54 Å². The number of aryl methyl sites for hydroxylation is 1. The maximum atomic E-state index is 9.82. The molecule has 0 atom stereocenters. The van der Waals surface area contributed by atoms with Crippen LogP contribution in [0, 0.1) is 6.92 Å². The molecule has 3 N–H and O–H groups in total. The number of aromatic nitrogens is 2. The average Bonchev–Trinajstić information content (AvgIpc) is 2.75. The van der Waals surface area contributed by atoms with Crippen molar-refractivity contribution in [2.45, 2.75) is 32.4 Å². The summed E-state index contributed by atoms with van der Waals surface area (Å²) in [6, 6.07) is 11.7. The van der Waals surface area contributed by atoms with Gasteiger partial charge in [0, 0.05) is 35.4 Å². The van der Waals surface area contributed by atoms with Crippen molar-refractivity contribution in [2.75, 3.05) is 23.3 Å². The summed E-state index contributed by atoms with van der Waals surface area (Å²) in [5.74, 6) is 1.45. The zero-order valence-corrected chi connectivity index (χ0v) is 17.5. The smallest absolute Gasteiger partial charge is 0.159 e. The molecule has 0 spiro atoms.